The Morgan fingerprint density at radius 2 is 1.52 bits per heavy atom. The monoisotopic (exact) mass is 421 g/mol. The van der Waals surface area contributed by atoms with Gasteiger partial charge >= 0.3 is 6.03 Å². The maximum Gasteiger partial charge on any atom is 0.319 e. The van der Waals surface area contributed by atoms with Crippen LogP contribution in [0.3, 0.4) is 0 Å². The van der Waals surface area contributed by atoms with Crippen molar-refractivity contribution in [2.75, 3.05) is 30.9 Å². The van der Waals surface area contributed by atoms with Gasteiger partial charge in [0, 0.05) is 37.4 Å². The van der Waals surface area contributed by atoms with E-state index in [0.717, 1.165) is 44.2 Å². The molecule has 1 aliphatic carbocycles. The second-order valence-electron chi connectivity index (χ2n) is 9.19. The normalized spacial score (nSPS) is 15.0. The molecule has 2 amide bonds. The Kier molecular flexibility index (Phi) is 8.00. The summed E-state index contributed by atoms with van der Waals surface area (Å²) in [5, 5.41) is 6.44. The van der Waals surface area contributed by atoms with Gasteiger partial charge < -0.3 is 15.5 Å². The third-order valence-electron chi connectivity index (χ3n) is 6.66. The topological polar surface area (TPSA) is 44.4 Å². The number of hydrogen-bond donors (Lipinski definition) is 2. The van der Waals surface area contributed by atoms with E-state index in [-0.39, 0.29) is 11.4 Å². The minimum atomic E-state index is -0.0860. The quantitative estimate of drug-likeness (QED) is 0.500. The number of amides is 2. The first-order valence-corrected chi connectivity index (χ1v) is 11.9. The molecule has 0 aliphatic heterocycles. The summed E-state index contributed by atoms with van der Waals surface area (Å²) in [6.45, 7) is 5.04. The highest BCUT2D eigenvalue weighted by Crippen LogP contribution is 2.41. The smallest absolute Gasteiger partial charge is 0.319 e. The van der Waals surface area contributed by atoms with Crippen LogP contribution >= 0.6 is 0 Å². The van der Waals surface area contributed by atoms with E-state index >= 15 is 0 Å². The van der Waals surface area contributed by atoms with Gasteiger partial charge in [0.1, 0.15) is 0 Å². The number of benzene rings is 2. The minimum Gasteiger partial charge on any atom is -0.378 e. The van der Waals surface area contributed by atoms with E-state index in [9.17, 15) is 4.79 Å². The zero-order valence-corrected chi connectivity index (χ0v) is 19.8. The predicted molar refractivity (Wildman–Crippen MR) is 132 cm³/mol. The molecule has 0 bridgehead atoms. The molecule has 0 unspecified atom stereocenters. The van der Waals surface area contributed by atoms with E-state index in [2.05, 4.69) is 85.9 Å². The average Bonchev–Trinajstić information content (AvgIpc) is 3.25. The van der Waals surface area contributed by atoms with Gasteiger partial charge in [0.2, 0.25) is 0 Å². The number of rotatable bonds is 9. The predicted octanol–water partition coefficient (Wildman–Crippen LogP) is 6.29. The first-order valence-electron chi connectivity index (χ1n) is 11.9. The van der Waals surface area contributed by atoms with E-state index < -0.39 is 0 Å². The summed E-state index contributed by atoms with van der Waals surface area (Å²) in [6, 6.07) is 15.2. The second-order valence-corrected chi connectivity index (χ2v) is 9.19. The lowest BCUT2D eigenvalue weighted by molar-refractivity contribution is 0.248. The first kappa shape index (κ1) is 23.2. The van der Waals surface area contributed by atoms with Crippen LogP contribution in [0, 0.1) is 0 Å². The molecule has 1 saturated carbocycles. The molecular weight excluding hydrogens is 382 g/mol. The van der Waals surface area contributed by atoms with Crippen LogP contribution in [0.2, 0.25) is 0 Å². The Morgan fingerprint density at radius 3 is 2.03 bits per heavy atom. The maximum absolute atomic E-state index is 13.0. The molecule has 2 aromatic rings. The van der Waals surface area contributed by atoms with Crippen molar-refractivity contribution < 1.29 is 4.79 Å². The number of urea groups is 1. The van der Waals surface area contributed by atoms with Crippen LogP contribution in [-0.4, -0.2) is 26.7 Å². The summed E-state index contributed by atoms with van der Waals surface area (Å²) < 4.78 is 0. The second kappa shape index (κ2) is 10.7. The molecule has 0 atom stereocenters. The molecule has 4 heteroatoms. The molecule has 31 heavy (non-hydrogen) atoms. The van der Waals surface area contributed by atoms with E-state index in [4.69, 9.17) is 0 Å². The van der Waals surface area contributed by atoms with Gasteiger partial charge in [-0.1, -0.05) is 69.9 Å². The van der Waals surface area contributed by atoms with Crippen molar-refractivity contribution in [1.29, 1.82) is 0 Å². The lowest BCUT2D eigenvalue weighted by Gasteiger charge is -2.30. The Morgan fingerprint density at radius 1 is 0.935 bits per heavy atom. The van der Waals surface area contributed by atoms with E-state index in [1.54, 1.807) is 0 Å². The number of carbonyl (C=O) groups is 1. The maximum atomic E-state index is 13.0. The van der Waals surface area contributed by atoms with Gasteiger partial charge in [-0.2, -0.15) is 0 Å². The van der Waals surface area contributed by atoms with Gasteiger partial charge in [-0.25, -0.2) is 4.79 Å². The van der Waals surface area contributed by atoms with Crippen LogP contribution < -0.4 is 15.5 Å². The fourth-order valence-electron chi connectivity index (χ4n) is 4.91. The Balaban J connectivity index is 1.73. The number of carbonyl (C=O) groups excluding carboxylic acids is 1. The molecule has 1 aliphatic rings. The van der Waals surface area contributed by atoms with Crippen molar-refractivity contribution in [3.63, 3.8) is 0 Å². The molecule has 0 spiro atoms. The highest BCUT2D eigenvalue weighted by molar-refractivity contribution is 5.91. The fourth-order valence-corrected chi connectivity index (χ4v) is 4.91. The first-order chi connectivity index (χ1) is 15.0. The Bertz CT molecular complexity index is 827. The van der Waals surface area contributed by atoms with Crippen molar-refractivity contribution in [2.45, 2.75) is 70.6 Å². The summed E-state index contributed by atoms with van der Waals surface area (Å²) in [5.41, 5.74) is 6.07. The molecule has 0 radical (unpaired) electrons. The van der Waals surface area contributed by atoms with Crippen molar-refractivity contribution in [1.82, 2.24) is 5.32 Å². The van der Waals surface area contributed by atoms with Crippen LogP contribution in [0.25, 0.3) is 0 Å². The third kappa shape index (κ3) is 5.61. The molecule has 2 N–H and O–H groups in total. The SMILES string of the molecule is CCCc1cccc(CCC)c1NC(=O)NCC1(c2ccc(N(C)C)cc2)CCCC1. The van der Waals surface area contributed by atoms with Crippen molar-refractivity contribution >= 4 is 17.4 Å². The van der Waals surface area contributed by atoms with Gasteiger partial charge in [-0.3, -0.25) is 0 Å². The largest absolute Gasteiger partial charge is 0.378 e. The number of aryl methyl sites for hydroxylation is 2. The fraction of sp³-hybridized carbons (Fsp3) is 0.519. The number of para-hydroxylation sites is 1. The standard InChI is InChI=1S/C27H39N3O/c1-5-10-21-12-9-13-22(11-6-2)25(21)29-26(31)28-20-27(18-7-8-19-27)23-14-16-24(17-15-23)30(3)4/h9,12-17H,5-8,10-11,18-20H2,1-4H3,(H2,28,29,31). The average molecular weight is 422 g/mol. The van der Waals surface area contributed by atoms with Crippen LogP contribution in [0.15, 0.2) is 42.5 Å². The summed E-state index contributed by atoms with van der Waals surface area (Å²) in [7, 11) is 4.13. The van der Waals surface area contributed by atoms with Crippen molar-refractivity contribution in [2.24, 2.45) is 0 Å². The number of nitrogens with zero attached hydrogens (tertiary/aromatic N) is 1. The molecule has 2 aromatic carbocycles. The molecule has 0 aromatic heterocycles. The summed E-state index contributed by atoms with van der Waals surface area (Å²) in [4.78, 5) is 15.1. The lowest BCUT2D eigenvalue weighted by atomic mass is 9.78. The van der Waals surface area contributed by atoms with Crippen LogP contribution in [0.1, 0.15) is 69.1 Å². The number of nitrogens with one attached hydrogen (secondary N) is 2. The van der Waals surface area contributed by atoms with Crippen molar-refractivity contribution in [3.05, 3.63) is 59.2 Å². The molecule has 168 valence electrons. The Labute approximate surface area is 188 Å². The van der Waals surface area contributed by atoms with Gasteiger partial charge in [0.25, 0.3) is 0 Å². The Hall–Kier alpha value is -2.49. The molecule has 1 fully saturated rings. The summed E-state index contributed by atoms with van der Waals surface area (Å²) >= 11 is 0. The van der Waals surface area contributed by atoms with Crippen molar-refractivity contribution in [3.8, 4) is 0 Å². The summed E-state index contributed by atoms with van der Waals surface area (Å²) in [6.07, 6.45) is 8.79. The molecule has 0 heterocycles. The van der Waals surface area contributed by atoms with Crippen LogP contribution in [-0.2, 0) is 18.3 Å². The van der Waals surface area contributed by atoms with Crippen LogP contribution in [0.5, 0.6) is 0 Å². The van der Waals surface area contributed by atoms with Gasteiger partial charge in [-0.15, -0.1) is 0 Å². The van der Waals surface area contributed by atoms with Crippen LogP contribution in [0.4, 0.5) is 16.2 Å². The zero-order chi connectivity index (χ0) is 22.3. The molecule has 0 saturated heterocycles. The van der Waals surface area contributed by atoms with Gasteiger partial charge in [0.05, 0.1) is 0 Å². The molecule has 3 rings (SSSR count). The third-order valence-corrected chi connectivity index (χ3v) is 6.66. The highest BCUT2D eigenvalue weighted by atomic mass is 16.2. The summed E-state index contributed by atoms with van der Waals surface area (Å²) in [5.74, 6) is 0. The van der Waals surface area contributed by atoms with E-state index in [1.165, 1.54) is 35.2 Å². The zero-order valence-electron chi connectivity index (χ0n) is 19.8. The highest BCUT2D eigenvalue weighted by Gasteiger charge is 2.36. The molecular formula is C27H39N3O. The molecule has 4 nitrogen and oxygen atoms in total. The van der Waals surface area contributed by atoms with E-state index in [1.807, 2.05) is 0 Å². The lowest BCUT2D eigenvalue weighted by Crippen LogP contribution is -2.41. The number of anilines is 2. The van der Waals surface area contributed by atoms with Gasteiger partial charge in [-0.05, 0) is 54.5 Å². The number of hydrogen-bond acceptors (Lipinski definition) is 2. The van der Waals surface area contributed by atoms with Gasteiger partial charge in [0.15, 0.2) is 0 Å². The minimum absolute atomic E-state index is 0.0391. The van der Waals surface area contributed by atoms with E-state index in [0.29, 0.717) is 6.54 Å².